The summed E-state index contributed by atoms with van der Waals surface area (Å²) in [5.41, 5.74) is 4.89. The Kier molecular flexibility index (Phi) is 4.40. The smallest absolute Gasteiger partial charge is 0.161 e. The molecule has 0 aliphatic carbocycles. The molecule has 0 spiro atoms. The number of anilines is 1. The maximum Gasteiger partial charge on any atom is 0.161 e. The number of hydrogen-bond acceptors (Lipinski definition) is 3. The van der Waals surface area contributed by atoms with Gasteiger partial charge in [0.25, 0.3) is 0 Å². The highest BCUT2D eigenvalue weighted by Crippen LogP contribution is 2.37. The molecule has 1 heterocycles. The van der Waals surface area contributed by atoms with Gasteiger partial charge in [-0.05, 0) is 56.5 Å². The monoisotopic (exact) mass is 318 g/mol. The number of hydrogen-bond donors (Lipinski definition) is 0. The summed E-state index contributed by atoms with van der Waals surface area (Å²) in [7, 11) is 0. The van der Waals surface area contributed by atoms with Crippen molar-refractivity contribution in [1.29, 1.82) is 5.26 Å². The third kappa shape index (κ3) is 2.92. The Hall–Kier alpha value is -2.60. The standard InChI is InChI=1S/C21H22N2O/c1-14-6-4-5-7-19(14)18-10-15(2)23(13-18)21-11-17(12-22)8-9-20(21)16(3)24/h4-9,11,15,18H,10,13H2,1-3H3. The van der Waals surface area contributed by atoms with E-state index in [0.29, 0.717) is 23.1 Å². The molecule has 2 aromatic carbocycles. The van der Waals surface area contributed by atoms with Gasteiger partial charge in [0.15, 0.2) is 5.78 Å². The summed E-state index contributed by atoms with van der Waals surface area (Å²) in [6.07, 6.45) is 1.05. The first-order chi connectivity index (χ1) is 11.5. The Morgan fingerprint density at radius 1 is 1.25 bits per heavy atom. The number of nitriles is 1. The zero-order valence-electron chi connectivity index (χ0n) is 14.4. The minimum absolute atomic E-state index is 0.0426. The van der Waals surface area contributed by atoms with Crippen molar-refractivity contribution in [3.8, 4) is 6.07 Å². The van der Waals surface area contributed by atoms with E-state index in [9.17, 15) is 10.1 Å². The molecule has 1 aliphatic heterocycles. The van der Waals surface area contributed by atoms with E-state index in [0.717, 1.165) is 18.7 Å². The topological polar surface area (TPSA) is 44.1 Å². The van der Waals surface area contributed by atoms with E-state index in [-0.39, 0.29) is 5.78 Å². The van der Waals surface area contributed by atoms with Crippen LogP contribution < -0.4 is 4.90 Å². The van der Waals surface area contributed by atoms with Gasteiger partial charge in [-0.3, -0.25) is 4.79 Å². The molecule has 2 atom stereocenters. The van der Waals surface area contributed by atoms with Crippen LogP contribution in [0, 0.1) is 18.3 Å². The summed E-state index contributed by atoms with van der Waals surface area (Å²) in [6.45, 7) is 6.81. The van der Waals surface area contributed by atoms with Crippen LogP contribution in [0.25, 0.3) is 0 Å². The van der Waals surface area contributed by atoms with Gasteiger partial charge in [0.05, 0.1) is 11.6 Å². The van der Waals surface area contributed by atoms with E-state index in [1.165, 1.54) is 11.1 Å². The summed E-state index contributed by atoms with van der Waals surface area (Å²) >= 11 is 0. The fraction of sp³-hybridized carbons (Fsp3) is 0.333. The van der Waals surface area contributed by atoms with Gasteiger partial charge in [-0.25, -0.2) is 0 Å². The summed E-state index contributed by atoms with van der Waals surface area (Å²) in [5.74, 6) is 0.493. The molecule has 0 bridgehead atoms. The van der Waals surface area contributed by atoms with Gasteiger partial charge in [0.2, 0.25) is 0 Å². The van der Waals surface area contributed by atoms with Crippen LogP contribution in [0.3, 0.4) is 0 Å². The minimum Gasteiger partial charge on any atom is -0.368 e. The first-order valence-corrected chi connectivity index (χ1v) is 8.38. The van der Waals surface area contributed by atoms with Gasteiger partial charge < -0.3 is 4.90 Å². The SMILES string of the molecule is CC(=O)c1ccc(C#N)cc1N1CC(c2ccccc2C)CC1C. The third-order valence-electron chi connectivity index (χ3n) is 5.02. The number of Topliss-reactive ketones (excluding diaryl/α,β-unsaturated/α-hetero) is 1. The predicted octanol–water partition coefficient (Wildman–Crippen LogP) is 4.45. The predicted molar refractivity (Wildman–Crippen MR) is 96.5 cm³/mol. The molecular formula is C21H22N2O. The Morgan fingerprint density at radius 2 is 2.00 bits per heavy atom. The van der Waals surface area contributed by atoms with Crippen molar-refractivity contribution in [3.63, 3.8) is 0 Å². The van der Waals surface area contributed by atoms with Gasteiger partial charge >= 0.3 is 0 Å². The summed E-state index contributed by atoms with van der Waals surface area (Å²) in [6, 6.07) is 16.4. The van der Waals surface area contributed by atoms with Crippen LogP contribution in [-0.2, 0) is 0 Å². The van der Waals surface area contributed by atoms with Crippen LogP contribution in [0.5, 0.6) is 0 Å². The number of benzene rings is 2. The van der Waals surface area contributed by atoms with Crippen LogP contribution in [0.15, 0.2) is 42.5 Å². The van der Waals surface area contributed by atoms with Crippen molar-refractivity contribution in [3.05, 3.63) is 64.7 Å². The molecule has 0 amide bonds. The molecule has 3 rings (SSSR count). The second-order valence-corrected chi connectivity index (χ2v) is 6.69. The largest absolute Gasteiger partial charge is 0.368 e. The lowest BCUT2D eigenvalue weighted by molar-refractivity contribution is 0.101. The fourth-order valence-electron chi connectivity index (χ4n) is 3.77. The van der Waals surface area contributed by atoms with Crippen molar-refractivity contribution in [2.24, 2.45) is 0 Å². The van der Waals surface area contributed by atoms with Gasteiger partial charge in [-0.2, -0.15) is 5.26 Å². The third-order valence-corrected chi connectivity index (χ3v) is 5.02. The molecule has 0 N–H and O–H groups in total. The molecule has 2 aromatic rings. The average molecular weight is 318 g/mol. The van der Waals surface area contributed by atoms with E-state index in [1.54, 1.807) is 19.1 Å². The van der Waals surface area contributed by atoms with Gasteiger partial charge in [0.1, 0.15) is 0 Å². The molecule has 1 aliphatic rings. The Labute approximate surface area is 143 Å². The van der Waals surface area contributed by atoms with Crippen molar-refractivity contribution >= 4 is 11.5 Å². The number of nitrogens with zero attached hydrogens (tertiary/aromatic N) is 2. The molecule has 0 radical (unpaired) electrons. The number of aryl methyl sites for hydroxylation is 1. The molecule has 0 saturated carbocycles. The quantitative estimate of drug-likeness (QED) is 0.785. The number of carbonyl (C=O) groups excluding carboxylic acids is 1. The highest BCUT2D eigenvalue weighted by molar-refractivity contribution is 6.00. The maximum absolute atomic E-state index is 12.0. The van der Waals surface area contributed by atoms with Crippen molar-refractivity contribution in [2.45, 2.75) is 39.2 Å². The zero-order valence-corrected chi connectivity index (χ0v) is 14.4. The average Bonchev–Trinajstić information content (AvgIpc) is 2.96. The van der Waals surface area contributed by atoms with Gasteiger partial charge in [-0.15, -0.1) is 0 Å². The van der Waals surface area contributed by atoms with E-state index in [2.05, 4.69) is 49.1 Å². The lowest BCUT2D eigenvalue weighted by atomic mass is 9.93. The van der Waals surface area contributed by atoms with Crippen LogP contribution in [0.1, 0.15) is 53.2 Å². The number of rotatable bonds is 3. The van der Waals surface area contributed by atoms with Crippen molar-refractivity contribution < 1.29 is 4.79 Å². The second-order valence-electron chi connectivity index (χ2n) is 6.69. The van der Waals surface area contributed by atoms with Crippen molar-refractivity contribution in [2.75, 3.05) is 11.4 Å². The highest BCUT2D eigenvalue weighted by atomic mass is 16.1. The molecule has 3 nitrogen and oxygen atoms in total. The van der Waals surface area contributed by atoms with E-state index < -0.39 is 0 Å². The summed E-state index contributed by atoms with van der Waals surface area (Å²) < 4.78 is 0. The molecule has 122 valence electrons. The Bertz CT molecular complexity index is 819. The normalized spacial score (nSPS) is 20.0. The molecule has 0 aromatic heterocycles. The fourth-order valence-corrected chi connectivity index (χ4v) is 3.77. The van der Waals surface area contributed by atoms with E-state index in [4.69, 9.17) is 0 Å². The second kappa shape index (κ2) is 6.49. The highest BCUT2D eigenvalue weighted by Gasteiger charge is 2.32. The summed E-state index contributed by atoms with van der Waals surface area (Å²) in [4.78, 5) is 14.3. The molecule has 1 saturated heterocycles. The van der Waals surface area contributed by atoms with Crippen molar-refractivity contribution in [1.82, 2.24) is 0 Å². The maximum atomic E-state index is 12.0. The Balaban J connectivity index is 1.98. The lowest BCUT2D eigenvalue weighted by Crippen LogP contribution is -2.28. The zero-order chi connectivity index (χ0) is 17.3. The first kappa shape index (κ1) is 16.3. The van der Waals surface area contributed by atoms with Gasteiger partial charge in [-0.1, -0.05) is 24.3 Å². The lowest BCUT2D eigenvalue weighted by Gasteiger charge is -2.26. The summed E-state index contributed by atoms with van der Waals surface area (Å²) in [5, 5.41) is 9.21. The molecule has 2 unspecified atom stereocenters. The molecule has 24 heavy (non-hydrogen) atoms. The number of carbonyl (C=O) groups is 1. The first-order valence-electron chi connectivity index (χ1n) is 8.38. The van der Waals surface area contributed by atoms with Crippen LogP contribution >= 0.6 is 0 Å². The molecular weight excluding hydrogens is 296 g/mol. The van der Waals surface area contributed by atoms with Crippen LogP contribution in [0.2, 0.25) is 0 Å². The van der Waals surface area contributed by atoms with E-state index in [1.807, 2.05) is 6.07 Å². The van der Waals surface area contributed by atoms with Crippen LogP contribution in [0.4, 0.5) is 5.69 Å². The molecule has 3 heteroatoms. The van der Waals surface area contributed by atoms with E-state index >= 15 is 0 Å². The van der Waals surface area contributed by atoms with Gasteiger partial charge in [0, 0.05) is 29.8 Å². The number of ketones is 1. The minimum atomic E-state index is 0.0426. The molecule has 1 fully saturated rings. The van der Waals surface area contributed by atoms with Crippen LogP contribution in [-0.4, -0.2) is 18.4 Å². The Morgan fingerprint density at radius 3 is 2.67 bits per heavy atom.